The SMILES string of the molecule is CCN1C[C@@H](Sc2ccc(N)cc2)N([O-])CC(C(=N)N(C)Cc2ccc([I-]I)cc2)=C1NC. The van der Waals surface area contributed by atoms with Crippen molar-refractivity contribution < 1.29 is 17.2 Å². The molecule has 1 aliphatic heterocycles. The van der Waals surface area contributed by atoms with Crippen molar-refractivity contribution in [3.8, 4) is 0 Å². The Kier molecular flexibility index (Phi) is 9.97. The van der Waals surface area contributed by atoms with E-state index in [1.165, 1.54) is 15.3 Å². The van der Waals surface area contributed by atoms with E-state index >= 15 is 0 Å². The maximum absolute atomic E-state index is 13.2. The summed E-state index contributed by atoms with van der Waals surface area (Å²) in [5.74, 6) is 1.21. The first-order chi connectivity index (χ1) is 15.9. The number of halogens is 2. The molecule has 0 saturated heterocycles. The van der Waals surface area contributed by atoms with Crippen molar-refractivity contribution in [3.05, 3.63) is 74.3 Å². The molecule has 2 aromatic rings. The van der Waals surface area contributed by atoms with Crippen molar-refractivity contribution in [1.29, 1.82) is 5.41 Å². The molecule has 0 spiro atoms. The number of rotatable bonds is 8. The normalized spacial score (nSPS) is 17.2. The minimum atomic E-state index is -0.295. The zero-order valence-electron chi connectivity index (χ0n) is 19.0. The van der Waals surface area contributed by atoms with Gasteiger partial charge in [-0.05, 0) is 24.3 Å². The van der Waals surface area contributed by atoms with E-state index in [1.54, 1.807) is 0 Å². The van der Waals surface area contributed by atoms with Gasteiger partial charge < -0.3 is 5.73 Å². The molecule has 2 aromatic carbocycles. The van der Waals surface area contributed by atoms with Crippen LogP contribution in [0.2, 0.25) is 0 Å². The predicted octanol–water partition coefficient (Wildman–Crippen LogP) is 0.971. The van der Waals surface area contributed by atoms with Crippen molar-refractivity contribution >= 4 is 41.9 Å². The van der Waals surface area contributed by atoms with Gasteiger partial charge in [0.1, 0.15) is 0 Å². The van der Waals surface area contributed by atoms with E-state index in [2.05, 4.69) is 60.0 Å². The van der Waals surface area contributed by atoms with Crippen molar-refractivity contribution in [2.45, 2.75) is 23.7 Å². The zero-order chi connectivity index (χ0) is 24.0. The van der Waals surface area contributed by atoms with Crippen LogP contribution in [0.3, 0.4) is 0 Å². The molecular weight excluding hydrogens is 662 g/mol. The number of hydroxylamine groups is 2. The molecule has 1 heterocycles. The van der Waals surface area contributed by atoms with Gasteiger partial charge >= 0.3 is 182 Å². The van der Waals surface area contributed by atoms with Crippen LogP contribution >= 0.6 is 30.4 Å². The number of thioether (sulfide) groups is 1. The van der Waals surface area contributed by atoms with Crippen LogP contribution in [0.15, 0.2) is 64.8 Å². The molecule has 180 valence electrons. The molecular formula is C23H30I2N6OS-2. The van der Waals surface area contributed by atoms with E-state index in [9.17, 15) is 5.21 Å². The van der Waals surface area contributed by atoms with Gasteiger partial charge in [-0.25, -0.2) is 0 Å². The molecule has 1 aliphatic rings. The van der Waals surface area contributed by atoms with Gasteiger partial charge in [0.25, 0.3) is 0 Å². The molecule has 0 fully saturated rings. The number of hydrogen-bond donors (Lipinski definition) is 3. The zero-order valence-corrected chi connectivity index (χ0v) is 24.1. The molecule has 0 radical (unpaired) electrons. The topological polar surface area (TPSA) is 94.7 Å². The molecule has 0 saturated carbocycles. The Morgan fingerprint density at radius 1 is 1.27 bits per heavy atom. The molecule has 4 N–H and O–H groups in total. The van der Waals surface area contributed by atoms with E-state index in [-0.39, 0.29) is 29.1 Å². The quantitative estimate of drug-likeness (QED) is 0.165. The monoisotopic (exact) mass is 692 g/mol. The van der Waals surface area contributed by atoms with E-state index in [0.29, 0.717) is 30.2 Å². The maximum atomic E-state index is 13.2. The number of nitrogens with two attached hydrogens (primary N) is 1. The molecule has 0 aromatic heterocycles. The third kappa shape index (κ3) is 6.90. The Bertz CT molecular complexity index is 970. The van der Waals surface area contributed by atoms with Crippen LogP contribution in [0, 0.1) is 14.2 Å². The second kappa shape index (κ2) is 12.5. The summed E-state index contributed by atoms with van der Waals surface area (Å²) >= 11 is 4.05. The van der Waals surface area contributed by atoms with Gasteiger partial charge in [-0.3, -0.25) is 0 Å². The van der Waals surface area contributed by atoms with E-state index < -0.39 is 0 Å². The Hall–Kier alpha value is -1.22. The Morgan fingerprint density at radius 3 is 2.52 bits per heavy atom. The van der Waals surface area contributed by atoms with Crippen LogP contribution in [0.1, 0.15) is 12.5 Å². The molecule has 33 heavy (non-hydrogen) atoms. The summed E-state index contributed by atoms with van der Waals surface area (Å²) < 4.78 is 1.39. The summed E-state index contributed by atoms with van der Waals surface area (Å²) in [6, 6.07) is 16.2. The first kappa shape index (κ1) is 26.4. The van der Waals surface area contributed by atoms with Crippen LogP contribution in [-0.2, 0) is 6.54 Å². The summed E-state index contributed by atoms with van der Waals surface area (Å²) in [7, 11) is 3.78. The molecule has 0 unspecified atom stereocenters. The summed E-state index contributed by atoms with van der Waals surface area (Å²) in [6.07, 6.45) is 0. The standard InChI is InChI=1S/C23H30I2N6OS/c1-4-30-15-21(33-19-11-9-18(26)10-12-19)31(32)14-20(23(30)28-2)22(27)29(3)13-16-5-7-17(25-24)8-6-16/h5-12,21,27-28H,4,13-15,26H2,1-3H3/q-2/t21-/m1/s1. The van der Waals surface area contributed by atoms with Crippen LogP contribution in [0.5, 0.6) is 0 Å². The van der Waals surface area contributed by atoms with Gasteiger partial charge in [0, 0.05) is 10.6 Å². The van der Waals surface area contributed by atoms with Crippen LogP contribution in [0.4, 0.5) is 5.69 Å². The number of nitrogens with one attached hydrogen (secondary N) is 2. The number of benzene rings is 2. The van der Waals surface area contributed by atoms with Gasteiger partial charge in [-0.2, -0.15) is 0 Å². The Morgan fingerprint density at radius 2 is 1.94 bits per heavy atom. The summed E-state index contributed by atoms with van der Waals surface area (Å²) in [6.45, 7) is 4.15. The van der Waals surface area contributed by atoms with Crippen molar-refractivity contribution in [1.82, 2.24) is 20.2 Å². The average molecular weight is 692 g/mol. The van der Waals surface area contributed by atoms with Gasteiger partial charge in [-0.15, -0.1) is 0 Å². The summed E-state index contributed by atoms with van der Waals surface area (Å²) in [5, 5.41) is 26.3. The molecule has 3 rings (SSSR count). The third-order valence-electron chi connectivity index (χ3n) is 5.47. The fraction of sp³-hybridized carbons (Fsp3) is 0.348. The fourth-order valence-corrected chi connectivity index (χ4v) is 7.21. The number of likely N-dealkylation sites (N-methyl/N-ethyl adjacent to an activating group) is 2. The van der Waals surface area contributed by atoms with Gasteiger partial charge in [0.05, 0.1) is 0 Å². The average Bonchev–Trinajstić information content (AvgIpc) is 2.96. The van der Waals surface area contributed by atoms with E-state index in [1.807, 2.05) is 43.3 Å². The van der Waals surface area contributed by atoms with Gasteiger partial charge in [-0.1, -0.05) is 0 Å². The first-order valence-corrected chi connectivity index (χ1v) is 18.9. The first-order valence-electron chi connectivity index (χ1n) is 10.6. The molecule has 0 amide bonds. The molecule has 0 aliphatic carbocycles. The number of amidine groups is 1. The number of hydrogen-bond acceptors (Lipinski definition) is 7. The second-order valence-electron chi connectivity index (χ2n) is 7.74. The predicted molar refractivity (Wildman–Crippen MR) is 142 cm³/mol. The summed E-state index contributed by atoms with van der Waals surface area (Å²) in [5.41, 5.74) is 8.39. The van der Waals surface area contributed by atoms with Crippen LogP contribution < -0.4 is 28.3 Å². The molecule has 7 nitrogen and oxygen atoms in total. The van der Waals surface area contributed by atoms with E-state index in [4.69, 9.17) is 11.1 Å². The molecule has 0 bridgehead atoms. The molecule has 10 heteroatoms. The number of nitrogen functional groups attached to an aromatic ring is 1. The van der Waals surface area contributed by atoms with Crippen molar-refractivity contribution in [2.24, 2.45) is 0 Å². The number of anilines is 1. The van der Waals surface area contributed by atoms with E-state index in [0.717, 1.165) is 27.9 Å². The fourth-order valence-electron chi connectivity index (χ4n) is 3.70. The second-order valence-corrected chi connectivity index (χ2v) is 13.4. The third-order valence-corrected chi connectivity index (χ3v) is 11.0. The van der Waals surface area contributed by atoms with Crippen LogP contribution in [0.25, 0.3) is 0 Å². The van der Waals surface area contributed by atoms with Crippen molar-refractivity contribution in [2.75, 3.05) is 39.5 Å². The van der Waals surface area contributed by atoms with Crippen molar-refractivity contribution in [3.63, 3.8) is 0 Å². The Labute approximate surface area is 220 Å². The van der Waals surface area contributed by atoms with Gasteiger partial charge in [0.15, 0.2) is 0 Å². The van der Waals surface area contributed by atoms with Gasteiger partial charge in [0.2, 0.25) is 0 Å². The number of nitrogens with zero attached hydrogens (tertiary/aromatic N) is 3. The Balaban J connectivity index is 1.80. The molecule has 1 atom stereocenters. The minimum absolute atomic E-state index is 0.0472. The summed E-state index contributed by atoms with van der Waals surface area (Å²) in [4.78, 5) is 5.07. The van der Waals surface area contributed by atoms with Crippen LogP contribution in [-0.4, -0.2) is 59.8 Å².